The van der Waals surface area contributed by atoms with Crippen LogP contribution in [0.4, 0.5) is 16.4 Å². The number of hydrogen-bond donors (Lipinski definition) is 2. The summed E-state index contributed by atoms with van der Waals surface area (Å²) in [5.41, 5.74) is 3.00. The van der Waals surface area contributed by atoms with Gasteiger partial charge in [0, 0.05) is 36.1 Å². The zero-order valence-electron chi connectivity index (χ0n) is 15.1. The van der Waals surface area contributed by atoms with Crippen molar-refractivity contribution in [2.45, 2.75) is 44.6 Å². The maximum absolute atomic E-state index is 12.1. The molecule has 2 aromatic heterocycles. The normalized spacial score (nSPS) is 17.1. The number of piperidine rings is 1. The number of amides is 1. The zero-order valence-corrected chi connectivity index (χ0v) is 15.1. The summed E-state index contributed by atoms with van der Waals surface area (Å²) >= 11 is 0. The zero-order chi connectivity index (χ0) is 18.6. The van der Waals surface area contributed by atoms with E-state index in [0.29, 0.717) is 23.4 Å². The van der Waals surface area contributed by atoms with Gasteiger partial charge in [0.1, 0.15) is 17.6 Å². The molecule has 1 aliphatic heterocycles. The Hall–Kier alpha value is -3.08. The van der Waals surface area contributed by atoms with Gasteiger partial charge in [0.2, 0.25) is 0 Å². The maximum Gasteiger partial charge on any atom is 0.434 e. The summed E-state index contributed by atoms with van der Waals surface area (Å²) in [6.07, 6.45) is 7.83. The second-order valence-electron chi connectivity index (χ2n) is 7.05. The van der Waals surface area contributed by atoms with Gasteiger partial charge >= 0.3 is 6.09 Å². The van der Waals surface area contributed by atoms with Crippen LogP contribution in [0.3, 0.4) is 0 Å². The van der Waals surface area contributed by atoms with Crippen molar-refractivity contribution in [2.75, 3.05) is 23.9 Å². The second-order valence-corrected chi connectivity index (χ2v) is 7.05. The van der Waals surface area contributed by atoms with Crippen molar-refractivity contribution in [3.05, 3.63) is 24.0 Å². The number of fused-ring (bicyclic) bond motifs is 1. The standard InChI is InChI=1S/C19H22N6O2/c20-11-15-9-13-12-21-17(24-27-19(26)25-7-2-1-3-8-25)10-16(13)18(23-15)22-14-5-4-6-14/h9-10,12,14H,1-8H2,(H,21,24)(H,22,23). The first-order valence-electron chi connectivity index (χ1n) is 9.42. The van der Waals surface area contributed by atoms with E-state index in [9.17, 15) is 10.1 Å². The van der Waals surface area contributed by atoms with Crippen molar-refractivity contribution in [1.82, 2.24) is 14.9 Å². The van der Waals surface area contributed by atoms with Gasteiger partial charge in [-0.2, -0.15) is 10.7 Å². The molecule has 140 valence electrons. The monoisotopic (exact) mass is 366 g/mol. The van der Waals surface area contributed by atoms with Crippen LogP contribution < -0.4 is 10.8 Å². The Bertz CT molecular complexity index is 884. The highest BCUT2D eigenvalue weighted by molar-refractivity contribution is 5.93. The summed E-state index contributed by atoms with van der Waals surface area (Å²) in [5.74, 6) is 1.09. The number of nitrogens with one attached hydrogen (secondary N) is 2. The van der Waals surface area contributed by atoms with Gasteiger partial charge in [0.15, 0.2) is 5.82 Å². The predicted octanol–water partition coefficient (Wildman–Crippen LogP) is 3.42. The highest BCUT2D eigenvalue weighted by atomic mass is 16.7. The molecule has 2 fully saturated rings. The third-order valence-electron chi connectivity index (χ3n) is 5.13. The van der Waals surface area contributed by atoms with E-state index in [-0.39, 0.29) is 6.09 Å². The number of anilines is 2. The first-order chi connectivity index (χ1) is 13.2. The van der Waals surface area contributed by atoms with E-state index in [2.05, 4.69) is 26.8 Å². The molecule has 8 nitrogen and oxygen atoms in total. The summed E-state index contributed by atoms with van der Waals surface area (Å²) in [7, 11) is 0. The van der Waals surface area contributed by atoms with Gasteiger partial charge in [-0.3, -0.25) is 0 Å². The van der Waals surface area contributed by atoms with Crippen LogP contribution in [0.5, 0.6) is 0 Å². The average Bonchev–Trinajstić information content (AvgIpc) is 2.69. The van der Waals surface area contributed by atoms with E-state index in [1.807, 2.05) is 0 Å². The Morgan fingerprint density at radius 1 is 1.22 bits per heavy atom. The molecule has 0 atom stereocenters. The first kappa shape index (κ1) is 17.3. The minimum absolute atomic E-state index is 0.350. The van der Waals surface area contributed by atoms with Crippen molar-refractivity contribution in [3.63, 3.8) is 0 Å². The molecule has 2 N–H and O–H groups in total. The maximum atomic E-state index is 12.1. The van der Waals surface area contributed by atoms with Crippen LogP contribution in [0.1, 0.15) is 44.2 Å². The molecular weight excluding hydrogens is 344 g/mol. The van der Waals surface area contributed by atoms with Crippen molar-refractivity contribution in [3.8, 4) is 6.07 Å². The lowest BCUT2D eigenvalue weighted by Crippen LogP contribution is -2.37. The van der Waals surface area contributed by atoms with E-state index < -0.39 is 0 Å². The average molecular weight is 366 g/mol. The molecule has 0 bridgehead atoms. The molecule has 4 rings (SSSR count). The molecule has 27 heavy (non-hydrogen) atoms. The summed E-state index contributed by atoms with van der Waals surface area (Å²) in [6.45, 7) is 1.45. The molecule has 0 radical (unpaired) electrons. The number of nitriles is 1. The van der Waals surface area contributed by atoms with Gasteiger partial charge in [-0.1, -0.05) is 0 Å². The summed E-state index contributed by atoms with van der Waals surface area (Å²) in [5, 5.41) is 14.3. The fourth-order valence-corrected chi connectivity index (χ4v) is 3.35. The first-order valence-corrected chi connectivity index (χ1v) is 9.42. The lowest BCUT2D eigenvalue weighted by molar-refractivity contribution is 0.114. The van der Waals surface area contributed by atoms with Crippen molar-refractivity contribution in [2.24, 2.45) is 0 Å². The lowest BCUT2D eigenvalue weighted by Gasteiger charge is -2.27. The van der Waals surface area contributed by atoms with E-state index >= 15 is 0 Å². The lowest BCUT2D eigenvalue weighted by atomic mass is 9.93. The Balaban J connectivity index is 1.52. The van der Waals surface area contributed by atoms with Crippen LogP contribution >= 0.6 is 0 Å². The van der Waals surface area contributed by atoms with Gasteiger partial charge in [0.05, 0.1) is 0 Å². The number of aromatic nitrogens is 2. The van der Waals surface area contributed by atoms with Crippen molar-refractivity contribution in [1.29, 1.82) is 5.26 Å². The topological polar surface area (TPSA) is 103 Å². The fourth-order valence-electron chi connectivity index (χ4n) is 3.35. The van der Waals surface area contributed by atoms with E-state index in [4.69, 9.17) is 4.84 Å². The quantitative estimate of drug-likeness (QED) is 0.799. The van der Waals surface area contributed by atoms with Gasteiger partial charge in [0.25, 0.3) is 0 Å². The Morgan fingerprint density at radius 2 is 2.04 bits per heavy atom. The number of carbonyl (C=O) groups is 1. The van der Waals surface area contributed by atoms with Crippen LogP contribution in [0, 0.1) is 11.3 Å². The molecule has 1 aliphatic carbocycles. The number of rotatable bonds is 4. The molecule has 1 amide bonds. The van der Waals surface area contributed by atoms with Crippen LogP contribution in [0.15, 0.2) is 18.3 Å². The molecule has 2 aliphatic rings. The fraction of sp³-hybridized carbons (Fsp3) is 0.474. The van der Waals surface area contributed by atoms with Gasteiger partial charge in [-0.15, -0.1) is 0 Å². The van der Waals surface area contributed by atoms with Gasteiger partial charge in [-0.05, 0) is 50.7 Å². The number of nitrogens with zero attached hydrogens (tertiary/aromatic N) is 4. The smallest absolute Gasteiger partial charge is 0.367 e. The SMILES string of the molecule is N#Cc1cc2cnc(NOC(=O)N3CCCCC3)cc2c(NC2CCC2)n1. The van der Waals surface area contributed by atoms with Gasteiger partial charge in [-0.25, -0.2) is 14.8 Å². The molecule has 0 spiro atoms. The van der Waals surface area contributed by atoms with E-state index in [1.165, 1.54) is 6.42 Å². The highest BCUT2D eigenvalue weighted by Crippen LogP contribution is 2.29. The van der Waals surface area contributed by atoms with E-state index in [1.54, 1.807) is 23.2 Å². The molecule has 8 heteroatoms. The molecule has 0 unspecified atom stereocenters. The van der Waals surface area contributed by atoms with Crippen LogP contribution in [-0.2, 0) is 4.84 Å². The minimum atomic E-state index is -0.387. The Labute approximate surface area is 157 Å². The van der Waals surface area contributed by atoms with Crippen LogP contribution in [0.25, 0.3) is 10.8 Å². The van der Waals surface area contributed by atoms with Crippen molar-refractivity contribution >= 4 is 28.5 Å². The number of likely N-dealkylation sites (tertiary alicyclic amines) is 1. The number of hydrogen-bond acceptors (Lipinski definition) is 7. The van der Waals surface area contributed by atoms with Gasteiger partial charge < -0.3 is 15.1 Å². The summed E-state index contributed by atoms with van der Waals surface area (Å²) < 4.78 is 0. The van der Waals surface area contributed by atoms with E-state index in [0.717, 1.165) is 56.0 Å². The summed E-state index contributed by atoms with van der Waals surface area (Å²) in [4.78, 5) is 27.7. The predicted molar refractivity (Wildman–Crippen MR) is 101 cm³/mol. The third-order valence-corrected chi connectivity index (χ3v) is 5.13. The summed E-state index contributed by atoms with van der Waals surface area (Å²) in [6, 6.07) is 5.97. The Morgan fingerprint density at radius 3 is 2.74 bits per heavy atom. The highest BCUT2D eigenvalue weighted by Gasteiger charge is 2.20. The van der Waals surface area contributed by atoms with Crippen LogP contribution in [0.2, 0.25) is 0 Å². The molecule has 1 saturated heterocycles. The molecule has 3 heterocycles. The van der Waals surface area contributed by atoms with Crippen molar-refractivity contribution < 1.29 is 9.63 Å². The Kier molecular flexibility index (Phi) is 4.92. The largest absolute Gasteiger partial charge is 0.434 e. The third kappa shape index (κ3) is 3.87. The molecular formula is C19H22N6O2. The number of pyridine rings is 2. The van der Waals surface area contributed by atoms with Crippen LogP contribution in [-0.4, -0.2) is 40.1 Å². The number of carbonyl (C=O) groups excluding carboxylic acids is 1. The minimum Gasteiger partial charge on any atom is -0.367 e. The second kappa shape index (κ2) is 7.66. The molecule has 1 saturated carbocycles. The molecule has 2 aromatic rings. The molecule has 0 aromatic carbocycles.